The van der Waals surface area contributed by atoms with Gasteiger partial charge in [0.2, 0.25) is 11.8 Å². The summed E-state index contributed by atoms with van der Waals surface area (Å²) in [6.45, 7) is 15.2. The molecular formula is C132H238N2O4. The van der Waals surface area contributed by atoms with E-state index in [9.17, 15) is 19.8 Å². The smallest absolute Gasteiger partial charge is 0.222 e. The molecule has 0 bridgehead atoms. The van der Waals surface area contributed by atoms with E-state index in [4.69, 9.17) is 0 Å². The molecule has 0 aliphatic heterocycles. The SMILES string of the molecule is CCCCCCCCCCC[C@H](O)CC(=O)NC1CC(C2CC(C3CCCC(C4CCCC(C5CC(C6CCCC(C7CCCCCCC7)CCC6)CC(C6CCCC(C7CCCC(C8CCCCCC(C9CCCCCCC9)C8)CC(C8CCCCCCC8)C7)CCC6)C[C@H](C)C5)CC(C)C4)CC(C4CCCCCCC4)C3)C(C)CC2NC(=O)C[C@@H](O)CCCCCCCCCCC)CCC1C. The van der Waals surface area contributed by atoms with Crippen molar-refractivity contribution in [1.82, 2.24) is 10.6 Å². The van der Waals surface area contributed by atoms with Crippen LogP contribution in [0.3, 0.4) is 0 Å². The van der Waals surface area contributed by atoms with E-state index in [0.717, 1.165) is 200 Å². The highest BCUT2D eigenvalue weighted by atomic mass is 16.3. The molecule has 0 heterocycles. The summed E-state index contributed by atoms with van der Waals surface area (Å²) in [5.74, 6) is 24.4. The Balaban J connectivity index is 0.656. The van der Waals surface area contributed by atoms with Crippen LogP contribution in [0.5, 0.6) is 0 Å². The van der Waals surface area contributed by atoms with E-state index >= 15 is 0 Å². The highest BCUT2D eigenvalue weighted by Crippen LogP contribution is 2.57. The van der Waals surface area contributed by atoms with Crippen molar-refractivity contribution < 1.29 is 19.8 Å². The van der Waals surface area contributed by atoms with E-state index in [1.54, 1.807) is 199 Å². The molecule has 13 saturated carbocycles. The maximum absolute atomic E-state index is 14.6. The molecule has 13 aliphatic carbocycles. The van der Waals surface area contributed by atoms with Gasteiger partial charge in [0.25, 0.3) is 0 Å². The van der Waals surface area contributed by atoms with Gasteiger partial charge in [-0.25, -0.2) is 0 Å². The van der Waals surface area contributed by atoms with E-state index in [2.05, 4.69) is 52.2 Å². The first-order chi connectivity index (χ1) is 67.7. The molecule has 13 fully saturated rings. The topological polar surface area (TPSA) is 98.7 Å². The summed E-state index contributed by atoms with van der Waals surface area (Å²) in [7, 11) is 0. The van der Waals surface area contributed by atoms with Crippen LogP contribution in [-0.4, -0.2) is 46.3 Å². The predicted molar refractivity (Wildman–Crippen MR) is 592 cm³/mol. The second-order valence-corrected chi connectivity index (χ2v) is 54.9. The summed E-state index contributed by atoms with van der Waals surface area (Å²) in [4.78, 5) is 28.7. The van der Waals surface area contributed by atoms with Crippen LogP contribution in [0, 0.1) is 166 Å². The molecule has 24 atom stereocenters. The number of carbonyl (C=O) groups is 2. The van der Waals surface area contributed by atoms with Crippen molar-refractivity contribution in [3.05, 3.63) is 0 Å². The first-order valence-electron chi connectivity index (χ1n) is 65.6. The highest BCUT2D eigenvalue weighted by Gasteiger charge is 2.49. The zero-order valence-electron chi connectivity index (χ0n) is 93.2. The van der Waals surface area contributed by atoms with Gasteiger partial charge in [-0.2, -0.15) is 0 Å². The van der Waals surface area contributed by atoms with Gasteiger partial charge in [0.1, 0.15) is 0 Å². The summed E-state index contributed by atoms with van der Waals surface area (Å²) >= 11 is 0. The van der Waals surface area contributed by atoms with Gasteiger partial charge in [-0.15, -0.1) is 0 Å². The quantitative estimate of drug-likeness (QED) is 0.0463. The fourth-order valence-corrected chi connectivity index (χ4v) is 36.8. The molecule has 4 N–H and O–H groups in total. The molecule has 0 saturated heterocycles. The van der Waals surface area contributed by atoms with Gasteiger partial charge in [0.15, 0.2) is 0 Å². The van der Waals surface area contributed by atoms with Gasteiger partial charge in [0, 0.05) is 12.1 Å². The second-order valence-electron chi connectivity index (χ2n) is 54.9. The molecule has 6 nitrogen and oxygen atoms in total. The van der Waals surface area contributed by atoms with Crippen LogP contribution >= 0.6 is 0 Å². The first-order valence-corrected chi connectivity index (χ1v) is 65.6. The lowest BCUT2D eigenvalue weighted by Gasteiger charge is -2.50. The average Bonchev–Trinajstić information content (AvgIpc) is 0.780. The number of aliphatic hydroxyl groups is 2. The van der Waals surface area contributed by atoms with Crippen LogP contribution < -0.4 is 10.6 Å². The molecular weight excluding hydrogens is 1680 g/mol. The van der Waals surface area contributed by atoms with Crippen molar-refractivity contribution >= 4 is 11.8 Å². The standard InChI is InChI=1S/C132H238N2O4/c1-7-9-11-13-15-17-19-33-46-79-125(135)96-131(137)133-129-95-119(82-81-101(129)5)128-98-127(102(6)87-130(128)134-132(138)97-126(136)80-47-34-20-18-16-14-12-10-8-2)118-78-54-77-116(90-123(92-118)108-61-42-31-24-32-43-62-108)111-73-52-74-112(84-99(3)83-111)121-86-100(4)85-120(93-124(94-121)110-71-48-65-104(66-49-72-110)103-55-36-25-21-26-37-56-103)109-69-50-67-106(68-51-70-109)114-75-53-76-117(91-122(89-114)107-59-40-29-23-30-41-60-107)115-64-45-35-44-63-113(88-115)105-57-38-27-22-28-39-58-105/h99-130,135-136H,7-98H2,1-6H3,(H,133,137)(H,134,138)/t99?,100-,101?,102?,104?,106?,109?,110?,111?,112?,113?,114?,115?,116?,117?,118?,119?,120?,121?,122?,123?,124?,125-,126-,127?,128?,129?,130?/m0/s1. The van der Waals surface area contributed by atoms with Crippen molar-refractivity contribution in [1.29, 1.82) is 0 Å². The van der Waals surface area contributed by atoms with Crippen LogP contribution in [0.15, 0.2) is 0 Å². The fourth-order valence-electron chi connectivity index (χ4n) is 36.8. The van der Waals surface area contributed by atoms with Crippen LogP contribution in [0.2, 0.25) is 0 Å². The second kappa shape index (κ2) is 65.1. The molecule has 6 heteroatoms. The molecule has 0 aromatic carbocycles. The molecule has 13 aliphatic rings. The first kappa shape index (κ1) is 114. The molecule has 0 radical (unpaired) electrons. The number of aliphatic hydroxyl groups excluding tert-OH is 2. The summed E-state index contributed by atoms with van der Waals surface area (Å²) in [6, 6.07) is 0.199. The summed E-state index contributed by atoms with van der Waals surface area (Å²) in [5, 5.41) is 30.2. The monoisotopic (exact) mass is 1920 g/mol. The lowest BCUT2D eigenvalue weighted by Crippen LogP contribution is -2.53. The maximum atomic E-state index is 14.6. The predicted octanol–water partition coefficient (Wildman–Crippen LogP) is 39.1. The minimum absolute atomic E-state index is 0.0346. The number of rotatable bonds is 38. The molecule has 21 unspecified atom stereocenters. The zero-order chi connectivity index (χ0) is 96.1. The van der Waals surface area contributed by atoms with Crippen molar-refractivity contribution in [2.45, 2.75) is 657 Å². The van der Waals surface area contributed by atoms with E-state index in [0.29, 0.717) is 29.6 Å². The number of amides is 2. The van der Waals surface area contributed by atoms with Crippen molar-refractivity contribution in [3.8, 4) is 0 Å². The highest BCUT2D eigenvalue weighted by molar-refractivity contribution is 5.77. The number of nitrogens with one attached hydrogen (secondary N) is 2. The molecule has 2 amide bonds. The molecule has 138 heavy (non-hydrogen) atoms. The minimum Gasteiger partial charge on any atom is -0.393 e. The van der Waals surface area contributed by atoms with Gasteiger partial charge in [-0.1, -0.05) is 504 Å². The molecule has 13 rings (SSSR count). The molecule has 800 valence electrons. The lowest BCUT2D eigenvalue weighted by atomic mass is 9.57. The van der Waals surface area contributed by atoms with Crippen molar-refractivity contribution in [3.63, 3.8) is 0 Å². The van der Waals surface area contributed by atoms with Gasteiger partial charge in [0.05, 0.1) is 25.0 Å². The van der Waals surface area contributed by atoms with Crippen LogP contribution in [0.4, 0.5) is 0 Å². The maximum Gasteiger partial charge on any atom is 0.222 e. The largest absolute Gasteiger partial charge is 0.393 e. The van der Waals surface area contributed by atoms with E-state index in [-0.39, 0.29) is 36.7 Å². The van der Waals surface area contributed by atoms with E-state index in [1.165, 1.54) is 315 Å². The third kappa shape index (κ3) is 39.3. The Labute approximate surface area is 858 Å². The molecule has 0 aromatic rings. The molecule has 0 spiro atoms. The van der Waals surface area contributed by atoms with Crippen LogP contribution in [0.1, 0.15) is 632 Å². The van der Waals surface area contributed by atoms with Gasteiger partial charge in [-0.3, -0.25) is 9.59 Å². The Morgan fingerprint density at radius 1 is 0.203 bits per heavy atom. The average molecular weight is 1920 g/mol. The van der Waals surface area contributed by atoms with Crippen LogP contribution in [0.25, 0.3) is 0 Å². The summed E-state index contributed by atoms with van der Waals surface area (Å²) in [5.41, 5.74) is 0. The summed E-state index contributed by atoms with van der Waals surface area (Å²) in [6.07, 6.45) is 128. The van der Waals surface area contributed by atoms with Gasteiger partial charge in [-0.05, 0) is 281 Å². The fraction of sp³-hybridized carbons (Fsp3) is 0.985. The van der Waals surface area contributed by atoms with Crippen molar-refractivity contribution in [2.75, 3.05) is 0 Å². The Hall–Kier alpha value is -1.14. The minimum atomic E-state index is -0.582. The third-order valence-electron chi connectivity index (χ3n) is 44.7. The van der Waals surface area contributed by atoms with Crippen LogP contribution in [-0.2, 0) is 9.59 Å². The normalized spacial score (nSPS) is 37.4. The van der Waals surface area contributed by atoms with Gasteiger partial charge >= 0.3 is 0 Å². The van der Waals surface area contributed by atoms with E-state index < -0.39 is 12.2 Å². The van der Waals surface area contributed by atoms with E-state index in [1.807, 2.05) is 0 Å². The Morgan fingerprint density at radius 2 is 0.428 bits per heavy atom. The third-order valence-corrected chi connectivity index (χ3v) is 44.7. The number of hydrogen-bond acceptors (Lipinski definition) is 4. The number of unbranched alkanes of at least 4 members (excludes halogenated alkanes) is 16. The Bertz CT molecular complexity index is 3080. The lowest BCUT2D eigenvalue weighted by molar-refractivity contribution is -0.125. The zero-order valence-corrected chi connectivity index (χ0v) is 93.2. The molecule has 0 aromatic heterocycles. The van der Waals surface area contributed by atoms with Crippen molar-refractivity contribution in [2.24, 2.45) is 166 Å². The summed E-state index contributed by atoms with van der Waals surface area (Å²) < 4.78 is 0. The number of carbonyl (C=O) groups excluding carboxylic acids is 2. The van der Waals surface area contributed by atoms with Gasteiger partial charge < -0.3 is 20.8 Å². The Kier molecular flexibility index (Phi) is 53.8. The number of hydrogen-bond donors (Lipinski definition) is 4. The Morgan fingerprint density at radius 3 is 0.797 bits per heavy atom.